The zero-order valence-electron chi connectivity index (χ0n) is 11.8. The van der Waals surface area contributed by atoms with Crippen molar-refractivity contribution in [2.75, 3.05) is 6.54 Å². The van der Waals surface area contributed by atoms with Crippen LogP contribution in [-0.2, 0) is 4.74 Å². The van der Waals surface area contributed by atoms with E-state index >= 15 is 0 Å². The maximum atomic E-state index is 12.1. The Morgan fingerprint density at radius 2 is 2.21 bits per heavy atom. The second kappa shape index (κ2) is 5.15. The zero-order valence-corrected chi connectivity index (χ0v) is 13.3. The molecule has 0 aromatic carbocycles. The van der Waals surface area contributed by atoms with Crippen molar-refractivity contribution in [1.82, 2.24) is 14.7 Å². The first-order valence-corrected chi connectivity index (χ1v) is 7.25. The molecule has 6 heteroatoms. The van der Waals surface area contributed by atoms with Crippen molar-refractivity contribution in [3.63, 3.8) is 0 Å². The third-order valence-electron chi connectivity index (χ3n) is 3.12. The molecule has 1 aromatic heterocycles. The van der Waals surface area contributed by atoms with Gasteiger partial charge < -0.3 is 9.64 Å². The fraction of sp³-hybridized carbons (Fsp3) is 0.692. The van der Waals surface area contributed by atoms with Crippen molar-refractivity contribution in [3.05, 3.63) is 16.9 Å². The molecule has 0 saturated carbocycles. The van der Waals surface area contributed by atoms with Crippen LogP contribution in [0.15, 0.2) is 16.9 Å². The van der Waals surface area contributed by atoms with Crippen molar-refractivity contribution in [2.24, 2.45) is 0 Å². The number of halogens is 1. The van der Waals surface area contributed by atoms with Crippen LogP contribution in [0.2, 0.25) is 0 Å². The fourth-order valence-electron chi connectivity index (χ4n) is 2.28. The Labute approximate surface area is 122 Å². The van der Waals surface area contributed by atoms with E-state index in [-0.39, 0.29) is 18.2 Å². The summed E-state index contributed by atoms with van der Waals surface area (Å²) in [6, 6.07) is 0.386. The quantitative estimate of drug-likeness (QED) is 0.794. The summed E-state index contributed by atoms with van der Waals surface area (Å²) in [5.74, 6) is 0. The van der Waals surface area contributed by atoms with Gasteiger partial charge in [0.05, 0.1) is 16.7 Å². The van der Waals surface area contributed by atoms with Crippen LogP contribution in [0.4, 0.5) is 4.79 Å². The highest BCUT2D eigenvalue weighted by molar-refractivity contribution is 9.10. The van der Waals surface area contributed by atoms with Gasteiger partial charge in [0.2, 0.25) is 0 Å². The van der Waals surface area contributed by atoms with Crippen LogP contribution in [0.3, 0.4) is 0 Å². The van der Waals surface area contributed by atoms with E-state index in [9.17, 15) is 4.79 Å². The maximum Gasteiger partial charge on any atom is 0.410 e. The van der Waals surface area contributed by atoms with Gasteiger partial charge in [0.15, 0.2) is 0 Å². The summed E-state index contributed by atoms with van der Waals surface area (Å²) in [5.41, 5.74) is -0.455. The second-order valence-electron chi connectivity index (χ2n) is 6.01. The molecule has 0 N–H and O–H groups in total. The summed E-state index contributed by atoms with van der Waals surface area (Å²) in [5, 5.41) is 4.29. The Kier molecular flexibility index (Phi) is 3.90. The fourth-order valence-corrected chi connectivity index (χ4v) is 2.59. The lowest BCUT2D eigenvalue weighted by Crippen LogP contribution is -2.38. The van der Waals surface area contributed by atoms with Crippen LogP contribution in [0.5, 0.6) is 0 Å². The standard InChI is InChI=1S/C13H20BrN3O2/c1-9-5-11(17-7-10(14)6-15-17)8-16(9)12(18)19-13(2,3)4/h6-7,9,11H,5,8H2,1-4H3/t9-,11+/m1/s1. The number of nitrogens with zero attached hydrogens (tertiary/aromatic N) is 3. The van der Waals surface area contributed by atoms with Crippen molar-refractivity contribution < 1.29 is 9.53 Å². The topological polar surface area (TPSA) is 47.4 Å². The lowest BCUT2D eigenvalue weighted by molar-refractivity contribution is 0.0234. The highest BCUT2D eigenvalue weighted by Crippen LogP contribution is 2.28. The molecule has 0 radical (unpaired) electrons. The molecule has 1 aliphatic rings. The summed E-state index contributed by atoms with van der Waals surface area (Å²) < 4.78 is 8.29. The van der Waals surface area contributed by atoms with E-state index in [0.29, 0.717) is 6.54 Å². The van der Waals surface area contributed by atoms with E-state index in [2.05, 4.69) is 21.0 Å². The molecule has 106 valence electrons. The maximum absolute atomic E-state index is 12.1. The van der Waals surface area contributed by atoms with Gasteiger partial charge in [-0.2, -0.15) is 5.10 Å². The Bertz CT molecular complexity index is 467. The normalized spacial score (nSPS) is 23.7. The highest BCUT2D eigenvalue weighted by atomic mass is 79.9. The number of likely N-dealkylation sites (tertiary alicyclic amines) is 1. The van der Waals surface area contributed by atoms with Crippen LogP contribution in [-0.4, -0.2) is 39.0 Å². The Hall–Kier alpha value is -1.04. The molecule has 1 amide bonds. The smallest absolute Gasteiger partial charge is 0.410 e. The summed E-state index contributed by atoms with van der Waals surface area (Å²) in [7, 11) is 0. The van der Waals surface area contributed by atoms with Crippen molar-refractivity contribution in [1.29, 1.82) is 0 Å². The van der Waals surface area contributed by atoms with E-state index < -0.39 is 5.60 Å². The molecule has 1 saturated heterocycles. The first-order chi connectivity index (χ1) is 8.76. The van der Waals surface area contributed by atoms with Gasteiger partial charge in [-0.1, -0.05) is 0 Å². The lowest BCUT2D eigenvalue weighted by atomic mass is 10.2. The number of rotatable bonds is 1. The largest absolute Gasteiger partial charge is 0.444 e. The van der Waals surface area contributed by atoms with Crippen LogP contribution >= 0.6 is 15.9 Å². The summed E-state index contributed by atoms with van der Waals surface area (Å²) in [6.07, 6.45) is 4.36. The Balaban J connectivity index is 2.03. The molecule has 0 spiro atoms. The Morgan fingerprint density at radius 3 is 2.74 bits per heavy atom. The van der Waals surface area contributed by atoms with Crippen LogP contribution < -0.4 is 0 Å². The average Bonchev–Trinajstić information content (AvgIpc) is 2.82. The second-order valence-corrected chi connectivity index (χ2v) is 6.93. The van der Waals surface area contributed by atoms with Crippen LogP contribution in [0.25, 0.3) is 0 Å². The molecule has 5 nitrogen and oxygen atoms in total. The molecule has 2 atom stereocenters. The van der Waals surface area contributed by atoms with E-state index in [1.165, 1.54) is 0 Å². The molecule has 0 bridgehead atoms. The monoisotopic (exact) mass is 329 g/mol. The molecular formula is C13H20BrN3O2. The first kappa shape index (κ1) is 14.4. The van der Waals surface area contributed by atoms with E-state index in [0.717, 1.165) is 10.9 Å². The minimum atomic E-state index is -0.455. The van der Waals surface area contributed by atoms with E-state index in [1.807, 2.05) is 38.6 Å². The minimum Gasteiger partial charge on any atom is -0.444 e. The van der Waals surface area contributed by atoms with Gasteiger partial charge in [-0.15, -0.1) is 0 Å². The predicted molar refractivity (Wildman–Crippen MR) is 76.0 cm³/mol. The molecule has 1 aromatic rings. The van der Waals surface area contributed by atoms with E-state index in [1.54, 1.807) is 11.1 Å². The number of aromatic nitrogens is 2. The molecule has 19 heavy (non-hydrogen) atoms. The molecule has 0 aliphatic carbocycles. The van der Waals surface area contributed by atoms with Gasteiger partial charge in [0.1, 0.15) is 5.60 Å². The molecule has 2 heterocycles. The molecule has 0 unspecified atom stereocenters. The number of carbonyl (C=O) groups is 1. The van der Waals surface area contributed by atoms with Gasteiger partial charge in [-0.3, -0.25) is 4.68 Å². The Morgan fingerprint density at radius 1 is 1.53 bits per heavy atom. The first-order valence-electron chi connectivity index (χ1n) is 6.45. The molecule has 1 fully saturated rings. The number of ether oxygens (including phenoxy) is 1. The molecule has 1 aliphatic heterocycles. The van der Waals surface area contributed by atoms with Gasteiger partial charge >= 0.3 is 6.09 Å². The summed E-state index contributed by atoms with van der Waals surface area (Å²) >= 11 is 3.39. The summed E-state index contributed by atoms with van der Waals surface area (Å²) in [4.78, 5) is 13.9. The number of hydrogen-bond acceptors (Lipinski definition) is 3. The SMILES string of the molecule is C[C@@H]1C[C@H](n2cc(Br)cn2)CN1C(=O)OC(C)(C)C. The molecule has 2 rings (SSSR count). The lowest BCUT2D eigenvalue weighted by Gasteiger charge is -2.26. The number of amides is 1. The van der Waals surface area contributed by atoms with E-state index in [4.69, 9.17) is 4.74 Å². The van der Waals surface area contributed by atoms with Gasteiger partial charge in [-0.25, -0.2) is 4.79 Å². The average molecular weight is 330 g/mol. The molecular weight excluding hydrogens is 310 g/mol. The van der Waals surface area contributed by atoms with Gasteiger partial charge in [0, 0.05) is 18.8 Å². The van der Waals surface area contributed by atoms with Gasteiger partial charge in [-0.05, 0) is 50.0 Å². The van der Waals surface area contributed by atoms with Crippen molar-refractivity contribution in [3.8, 4) is 0 Å². The van der Waals surface area contributed by atoms with Crippen LogP contribution in [0, 0.1) is 0 Å². The van der Waals surface area contributed by atoms with Gasteiger partial charge in [0.25, 0.3) is 0 Å². The summed E-state index contributed by atoms with van der Waals surface area (Å²) in [6.45, 7) is 8.34. The minimum absolute atomic E-state index is 0.169. The number of hydrogen-bond donors (Lipinski definition) is 0. The van der Waals surface area contributed by atoms with Crippen molar-refractivity contribution >= 4 is 22.0 Å². The van der Waals surface area contributed by atoms with Crippen molar-refractivity contribution in [2.45, 2.75) is 51.8 Å². The predicted octanol–water partition coefficient (Wildman–Crippen LogP) is 3.22. The third kappa shape index (κ3) is 3.49. The zero-order chi connectivity index (χ0) is 14.2. The highest BCUT2D eigenvalue weighted by Gasteiger charge is 2.36. The number of carbonyl (C=O) groups excluding carboxylic acids is 1. The third-order valence-corrected chi connectivity index (χ3v) is 3.53. The van der Waals surface area contributed by atoms with Crippen LogP contribution in [0.1, 0.15) is 40.2 Å².